The van der Waals surface area contributed by atoms with Crippen LogP contribution in [0.1, 0.15) is 0 Å². The number of fused-ring (bicyclic) bond motifs is 1. The number of hydrogen-bond acceptors (Lipinski definition) is 3. The van der Waals surface area contributed by atoms with Crippen molar-refractivity contribution in [2.75, 3.05) is 0 Å². The van der Waals surface area contributed by atoms with Crippen LogP contribution in [0.25, 0.3) is 31.9 Å². The maximum Gasteiger partial charge on any atom is 0.148 e. The third-order valence-corrected chi connectivity index (χ3v) is 4.52. The first-order valence-electron chi connectivity index (χ1n) is 6.89. The monoisotopic (exact) mass is 306 g/mol. The van der Waals surface area contributed by atoms with Gasteiger partial charge in [0.25, 0.3) is 0 Å². The van der Waals surface area contributed by atoms with Crippen LogP contribution in [0.2, 0.25) is 0 Å². The van der Waals surface area contributed by atoms with Crippen molar-refractivity contribution < 1.29 is 4.39 Å². The minimum Gasteiger partial charge on any atom is -0.207 e. The molecule has 0 unspecified atom stereocenters. The number of benzene rings is 3. The van der Waals surface area contributed by atoms with Gasteiger partial charge in [-0.3, -0.25) is 0 Å². The average Bonchev–Trinajstić information content (AvgIpc) is 3.04. The summed E-state index contributed by atoms with van der Waals surface area (Å²) in [6.07, 6.45) is 0. The molecule has 0 bridgehead atoms. The van der Waals surface area contributed by atoms with Crippen molar-refractivity contribution in [3.8, 4) is 21.1 Å². The standard InChI is InChI=1S/C18H11FN2S/c19-14-8-3-7-13(11-14)17-20-21-18(22-17)16-10-4-6-12-5-1-2-9-15(12)16/h1-11H. The summed E-state index contributed by atoms with van der Waals surface area (Å²) < 4.78 is 13.3. The van der Waals surface area contributed by atoms with E-state index in [1.165, 1.54) is 28.9 Å². The first-order valence-corrected chi connectivity index (χ1v) is 7.70. The van der Waals surface area contributed by atoms with Gasteiger partial charge in [-0.25, -0.2) is 4.39 Å². The number of rotatable bonds is 2. The second-order valence-electron chi connectivity index (χ2n) is 4.95. The van der Waals surface area contributed by atoms with E-state index in [0.29, 0.717) is 0 Å². The van der Waals surface area contributed by atoms with Crippen molar-refractivity contribution in [2.24, 2.45) is 0 Å². The molecule has 0 aliphatic heterocycles. The van der Waals surface area contributed by atoms with E-state index in [-0.39, 0.29) is 5.82 Å². The van der Waals surface area contributed by atoms with Crippen LogP contribution in [0.5, 0.6) is 0 Å². The highest BCUT2D eigenvalue weighted by Gasteiger charge is 2.11. The van der Waals surface area contributed by atoms with Crippen molar-refractivity contribution in [2.45, 2.75) is 0 Å². The molecule has 1 heterocycles. The highest BCUT2D eigenvalue weighted by molar-refractivity contribution is 7.18. The average molecular weight is 306 g/mol. The highest BCUT2D eigenvalue weighted by atomic mass is 32.1. The molecule has 4 rings (SSSR count). The predicted molar refractivity (Wildman–Crippen MR) is 88.2 cm³/mol. The Morgan fingerprint density at radius 1 is 0.773 bits per heavy atom. The lowest BCUT2D eigenvalue weighted by Crippen LogP contribution is -1.80. The lowest BCUT2D eigenvalue weighted by molar-refractivity contribution is 0.628. The fourth-order valence-electron chi connectivity index (χ4n) is 2.48. The molecular formula is C18H11FN2S. The molecule has 4 heteroatoms. The third-order valence-electron chi connectivity index (χ3n) is 3.52. The number of aromatic nitrogens is 2. The molecule has 0 radical (unpaired) electrons. The maximum absolute atomic E-state index is 13.3. The van der Waals surface area contributed by atoms with Gasteiger partial charge in [0.1, 0.15) is 15.8 Å². The lowest BCUT2D eigenvalue weighted by atomic mass is 10.1. The topological polar surface area (TPSA) is 25.8 Å². The predicted octanol–water partition coefficient (Wildman–Crippen LogP) is 5.16. The van der Waals surface area contributed by atoms with Gasteiger partial charge in [-0.2, -0.15) is 0 Å². The molecule has 0 saturated carbocycles. The quantitative estimate of drug-likeness (QED) is 0.511. The minimum atomic E-state index is -0.264. The Labute approximate surface area is 130 Å². The molecule has 0 fully saturated rings. The van der Waals surface area contributed by atoms with Gasteiger partial charge in [-0.15, -0.1) is 10.2 Å². The van der Waals surface area contributed by atoms with E-state index in [1.54, 1.807) is 6.07 Å². The van der Waals surface area contributed by atoms with E-state index >= 15 is 0 Å². The molecule has 0 aliphatic rings. The Kier molecular flexibility index (Phi) is 3.16. The van der Waals surface area contributed by atoms with Gasteiger partial charge < -0.3 is 0 Å². The van der Waals surface area contributed by atoms with Crippen LogP contribution in [0.15, 0.2) is 66.7 Å². The second-order valence-corrected chi connectivity index (χ2v) is 5.93. The summed E-state index contributed by atoms with van der Waals surface area (Å²) in [5, 5.41) is 12.4. The molecule has 0 amide bonds. The van der Waals surface area contributed by atoms with Gasteiger partial charge in [0.05, 0.1) is 0 Å². The summed E-state index contributed by atoms with van der Waals surface area (Å²) in [5.74, 6) is -0.264. The summed E-state index contributed by atoms with van der Waals surface area (Å²) >= 11 is 1.47. The molecular weight excluding hydrogens is 295 g/mol. The van der Waals surface area contributed by atoms with Crippen molar-refractivity contribution >= 4 is 22.1 Å². The Morgan fingerprint density at radius 2 is 1.55 bits per heavy atom. The summed E-state index contributed by atoms with van der Waals surface area (Å²) in [5.41, 5.74) is 1.81. The fourth-order valence-corrected chi connectivity index (χ4v) is 3.36. The van der Waals surface area contributed by atoms with Crippen molar-refractivity contribution in [1.29, 1.82) is 0 Å². The molecule has 0 spiro atoms. The first-order chi connectivity index (χ1) is 10.8. The molecule has 2 nitrogen and oxygen atoms in total. The number of nitrogens with zero attached hydrogens (tertiary/aromatic N) is 2. The Balaban J connectivity index is 1.84. The fraction of sp³-hybridized carbons (Fsp3) is 0. The van der Waals surface area contributed by atoms with Gasteiger partial charge in [0.15, 0.2) is 0 Å². The van der Waals surface area contributed by atoms with Gasteiger partial charge >= 0.3 is 0 Å². The van der Waals surface area contributed by atoms with Crippen LogP contribution in [-0.4, -0.2) is 10.2 Å². The zero-order valence-electron chi connectivity index (χ0n) is 11.5. The molecule has 4 aromatic rings. The summed E-state index contributed by atoms with van der Waals surface area (Å²) in [6, 6.07) is 20.8. The number of halogens is 1. The van der Waals surface area contributed by atoms with Crippen LogP contribution in [0, 0.1) is 5.82 Å². The van der Waals surface area contributed by atoms with E-state index in [9.17, 15) is 4.39 Å². The van der Waals surface area contributed by atoms with Crippen LogP contribution >= 0.6 is 11.3 Å². The Morgan fingerprint density at radius 3 is 2.45 bits per heavy atom. The second kappa shape index (κ2) is 5.31. The Hall–Kier alpha value is -2.59. The van der Waals surface area contributed by atoms with E-state index in [2.05, 4.69) is 28.4 Å². The largest absolute Gasteiger partial charge is 0.207 e. The summed E-state index contributed by atoms with van der Waals surface area (Å²) in [4.78, 5) is 0. The van der Waals surface area contributed by atoms with Crippen LogP contribution in [0.4, 0.5) is 4.39 Å². The molecule has 0 saturated heterocycles. The van der Waals surface area contributed by atoms with E-state index in [0.717, 1.165) is 26.5 Å². The third kappa shape index (κ3) is 2.27. The van der Waals surface area contributed by atoms with Crippen LogP contribution in [-0.2, 0) is 0 Å². The molecule has 1 aromatic heterocycles. The van der Waals surface area contributed by atoms with Crippen LogP contribution in [0.3, 0.4) is 0 Å². The van der Waals surface area contributed by atoms with E-state index < -0.39 is 0 Å². The van der Waals surface area contributed by atoms with Crippen molar-refractivity contribution in [3.05, 3.63) is 72.5 Å². The summed E-state index contributed by atoms with van der Waals surface area (Å²) in [6.45, 7) is 0. The normalized spacial score (nSPS) is 11.0. The molecule has 106 valence electrons. The minimum absolute atomic E-state index is 0.264. The summed E-state index contributed by atoms with van der Waals surface area (Å²) in [7, 11) is 0. The smallest absolute Gasteiger partial charge is 0.148 e. The van der Waals surface area contributed by atoms with E-state index in [4.69, 9.17) is 0 Å². The molecule has 22 heavy (non-hydrogen) atoms. The van der Waals surface area contributed by atoms with Crippen molar-refractivity contribution in [3.63, 3.8) is 0 Å². The lowest BCUT2D eigenvalue weighted by Gasteiger charge is -2.02. The van der Waals surface area contributed by atoms with Crippen molar-refractivity contribution in [1.82, 2.24) is 10.2 Å². The first kappa shape index (κ1) is 13.1. The zero-order chi connectivity index (χ0) is 14.9. The molecule has 0 atom stereocenters. The Bertz CT molecular complexity index is 957. The van der Waals surface area contributed by atoms with Gasteiger partial charge in [-0.05, 0) is 22.9 Å². The maximum atomic E-state index is 13.3. The van der Waals surface area contributed by atoms with E-state index in [1.807, 2.05) is 30.3 Å². The molecule has 3 aromatic carbocycles. The van der Waals surface area contributed by atoms with Gasteiger partial charge in [-0.1, -0.05) is 65.9 Å². The van der Waals surface area contributed by atoms with Gasteiger partial charge in [0, 0.05) is 11.1 Å². The molecule has 0 aliphatic carbocycles. The van der Waals surface area contributed by atoms with Crippen LogP contribution < -0.4 is 0 Å². The highest BCUT2D eigenvalue weighted by Crippen LogP contribution is 2.34. The molecule has 0 N–H and O–H groups in total. The zero-order valence-corrected chi connectivity index (χ0v) is 12.3. The SMILES string of the molecule is Fc1cccc(-c2nnc(-c3cccc4ccccc34)s2)c1. The number of hydrogen-bond donors (Lipinski definition) is 0. The van der Waals surface area contributed by atoms with Gasteiger partial charge in [0.2, 0.25) is 0 Å².